The minimum atomic E-state index is -0.736. The molecule has 0 aliphatic carbocycles. The van der Waals surface area contributed by atoms with Crippen LogP contribution < -0.4 is 11.2 Å². The van der Waals surface area contributed by atoms with Gasteiger partial charge in [-0.25, -0.2) is 23.1 Å². The maximum Gasteiger partial charge on any atom is 0.337 e. The minimum Gasteiger partial charge on any atom is -0.320 e. The molecule has 0 atom stereocenters. The van der Waals surface area contributed by atoms with E-state index in [2.05, 4.69) is 11.1 Å². The van der Waals surface area contributed by atoms with Crippen LogP contribution in [0.4, 0.5) is 8.78 Å². The molecular formula is C26H17F2N5O2. The van der Waals surface area contributed by atoms with E-state index in [1.165, 1.54) is 53.4 Å². The molecule has 0 unspecified atom stereocenters. The Balaban J connectivity index is 1.78. The highest BCUT2D eigenvalue weighted by Gasteiger charge is 2.20. The van der Waals surface area contributed by atoms with Crippen LogP contribution in [0.15, 0.2) is 88.7 Å². The van der Waals surface area contributed by atoms with Crippen LogP contribution in [0.3, 0.4) is 0 Å². The number of rotatable bonds is 5. The van der Waals surface area contributed by atoms with Crippen molar-refractivity contribution in [3.05, 3.63) is 128 Å². The van der Waals surface area contributed by atoms with Crippen molar-refractivity contribution in [3.8, 4) is 11.8 Å². The van der Waals surface area contributed by atoms with Crippen molar-refractivity contribution in [2.24, 2.45) is 0 Å². The lowest BCUT2D eigenvalue weighted by atomic mass is 10.1. The van der Waals surface area contributed by atoms with Gasteiger partial charge in [0.05, 0.1) is 36.7 Å². The maximum absolute atomic E-state index is 14.4. The van der Waals surface area contributed by atoms with Crippen molar-refractivity contribution in [2.75, 3.05) is 0 Å². The van der Waals surface area contributed by atoms with Crippen LogP contribution in [0.25, 0.3) is 16.9 Å². The summed E-state index contributed by atoms with van der Waals surface area (Å²) in [6, 6.07) is 20.1. The molecule has 0 aliphatic heterocycles. The van der Waals surface area contributed by atoms with E-state index in [-0.39, 0.29) is 29.8 Å². The predicted molar refractivity (Wildman–Crippen MR) is 125 cm³/mol. The van der Waals surface area contributed by atoms with Crippen LogP contribution in [0, 0.1) is 23.0 Å². The zero-order valence-electron chi connectivity index (χ0n) is 18.2. The first-order valence-electron chi connectivity index (χ1n) is 10.7. The van der Waals surface area contributed by atoms with E-state index in [9.17, 15) is 23.6 Å². The summed E-state index contributed by atoms with van der Waals surface area (Å²) in [6.07, 6.45) is 1.41. The second-order valence-electron chi connectivity index (χ2n) is 7.89. The van der Waals surface area contributed by atoms with Gasteiger partial charge in [0.25, 0.3) is 5.56 Å². The van der Waals surface area contributed by atoms with Gasteiger partial charge in [-0.3, -0.25) is 9.36 Å². The van der Waals surface area contributed by atoms with E-state index in [4.69, 9.17) is 0 Å². The Kier molecular flexibility index (Phi) is 5.55. The molecule has 0 spiro atoms. The molecule has 3 aromatic carbocycles. The first kappa shape index (κ1) is 22.0. The summed E-state index contributed by atoms with van der Waals surface area (Å²) in [4.78, 5) is 31.4. The highest BCUT2D eigenvalue weighted by Crippen LogP contribution is 2.17. The number of nitrogens with zero attached hydrogens (tertiary/aromatic N) is 5. The van der Waals surface area contributed by atoms with Gasteiger partial charge < -0.3 is 4.57 Å². The van der Waals surface area contributed by atoms with Crippen molar-refractivity contribution in [1.82, 2.24) is 18.7 Å². The topological polar surface area (TPSA) is 85.6 Å². The molecule has 2 heterocycles. The number of benzene rings is 3. The van der Waals surface area contributed by atoms with E-state index in [1.54, 1.807) is 34.9 Å². The summed E-state index contributed by atoms with van der Waals surface area (Å²) in [6.45, 7) is -0.155. The molecule has 2 aromatic heterocycles. The Labute approximate surface area is 197 Å². The Morgan fingerprint density at radius 3 is 2.26 bits per heavy atom. The lowest BCUT2D eigenvalue weighted by molar-refractivity contribution is 0.586. The first-order chi connectivity index (χ1) is 17.0. The molecule has 0 radical (unpaired) electrons. The number of aromatic nitrogens is 4. The molecule has 0 amide bonds. The van der Waals surface area contributed by atoms with Gasteiger partial charge in [0.15, 0.2) is 11.2 Å². The molecule has 9 heteroatoms. The predicted octanol–water partition coefficient (Wildman–Crippen LogP) is 3.60. The second-order valence-corrected chi connectivity index (χ2v) is 7.89. The fourth-order valence-electron chi connectivity index (χ4n) is 4.01. The van der Waals surface area contributed by atoms with Gasteiger partial charge in [0.1, 0.15) is 11.6 Å². The third-order valence-corrected chi connectivity index (χ3v) is 5.75. The maximum atomic E-state index is 14.4. The largest absolute Gasteiger partial charge is 0.337 e. The van der Waals surface area contributed by atoms with Crippen LogP contribution in [0.2, 0.25) is 0 Å². The SMILES string of the molecule is N#Cc1ccccc1Cn1cnc2c1c(=O)n(Cc1ccccc1F)c(=O)n2-c1ccc(F)cc1. The number of imidazole rings is 1. The second kappa shape index (κ2) is 8.83. The molecule has 0 aliphatic rings. The number of hydrogen-bond donors (Lipinski definition) is 0. The molecule has 0 N–H and O–H groups in total. The van der Waals surface area contributed by atoms with E-state index < -0.39 is 22.9 Å². The highest BCUT2D eigenvalue weighted by molar-refractivity contribution is 5.72. The highest BCUT2D eigenvalue weighted by atomic mass is 19.1. The van der Waals surface area contributed by atoms with Gasteiger partial charge in [-0.1, -0.05) is 36.4 Å². The van der Waals surface area contributed by atoms with E-state index >= 15 is 0 Å². The van der Waals surface area contributed by atoms with Crippen molar-refractivity contribution in [3.63, 3.8) is 0 Å². The average molecular weight is 469 g/mol. The molecule has 0 bridgehead atoms. The van der Waals surface area contributed by atoms with Crippen LogP contribution >= 0.6 is 0 Å². The first-order valence-corrected chi connectivity index (χ1v) is 10.7. The quantitative estimate of drug-likeness (QED) is 0.394. The smallest absolute Gasteiger partial charge is 0.320 e. The molecule has 172 valence electrons. The molecular weight excluding hydrogens is 452 g/mol. The Bertz CT molecular complexity index is 1730. The third kappa shape index (κ3) is 3.91. The summed E-state index contributed by atoms with van der Waals surface area (Å²) >= 11 is 0. The van der Waals surface area contributed by atoms with E-state index in [1.807, 2.05) is 0 Å². The van der Waals surface area contributed by atoms with Crippen molar-refractivity contribution in [1.29, 1.82) is 5.26 Å². The zero-order chi connectivity index (χ0) is 24.5. The van der Waals surface area contributed by atoms with Gasteiger partial charge >= 0.3 is 5.69 Å². The Morgan fingerprint density at radius 1 is 0.857 bits per heavy atom. The van der Waals surface area contributed by atoms with Crippen LogP contribution in [0.5, 0.6) is 0 Å². The number of nitriles is 1. The van der Waals surface area contributed by atoms with Crippen molar-refractivity contribution < 1.29 is 8.78 Å². The molecule has 5 aromatic rings. The minimum absolute atomic E-state index is 0.0748. The fraction of sp³-hybridized carbons (Fsp3) is 0.0769. The Hall–Kier alpha value is -4.84. The number of hydrogen-bond acceptors (Lipinski definition) is 4. The summed E-state index contributed by atoms with van der Waals surface area (Å²) in [5.41, 5.74) is 0.341. The van der Waals surface area contributed by atoms with Crippen LogP contribution in [0.1, 0.15) is 16.7 Å². The summed E-state index contributed by atoms with van der Waals surface area (Å²) in [7, 11) is 0. The van der Waals surface area contributed by atoms with Gasteiger partial charge in [0.2, 0.25) is 0 Å². The summed E-state index contributed by atoms with van der Waals surface area (Å²) in [5, 5.41) is 9.45. The lowest BCUT2D eigenvalue weighted by Gasteiger charge is -2.13. The summed E-state index contributed by atoms with van der Waals surface area (Å²) < 4.78 is 31.7. The van der Waals surface area contributed by atoms with Crippen LogP contribution in [-0.2, 0) is 13.1 Å². The van der Waals surface area contributed by atoms with Crippen LogP contribution in [-0.4, -0.2) is 18.7 Å². The molecule has 0 saturated heterocycles. The lowest BCUT2D eigenvalue weighted by Crippen LogP contribution is -2.40. The standard InChI is InChI=1S/C26H17F2N5O2/c27-20-9-11-21(12-10-20)33-24-23(31(16-30-24)14-18-6-2-1-5-17(18)13-29)25(34)32(26(33)35)15-19-7-3-4-8-22(19)28/h1-12,16H,14-15H2. The van der Waals surface area contributed by atoms with Gasteiger partial charge in [0, 0.05) is 5.56 Å². The Morgan fingerprint density at radius 2 is 1.54 bits per heavy atom. The molecule has 0 saturated carbocycles. The molecule has 35 heavy (non-hydrogen) atoms. The zero-order valence-corrected chi connectivity index (χ0v) is 18.2. The molecule has 7 nitrogen and oxygen atoms in total. The average Bonchev–Trinajstić information content (AvgIpc) is 3.27. The number of fused-ring (bicyclic) bond motifs is 1. The summed E-state index contributed by atoms with van der Waals surface area (Å²) in [5.74, 6) is -1.04. The van der Waals surface area contributed by atoms with E-state index in [0.717, 1.165) is 4.57 Å². The number of halogens is 2. The normalized spacial score (nSPS) is 11.0. The van der Waals surface area contributed by atoms with Crippen molar-refractivity contribution in [2.45, 2.75) is 13.1 Å². The van der Waals surface area contributed by atoms with Gasteiger partial charge in [-0.2, -0.15) is 5.26 Å². The molecule has 0 fully saturated rings. The molecule has 5 rings (SSSR count). The van der Waals surface area contributed by atoms with E-state index in [0.29, 0.717) is 16.8 Å². The van der Waals surface area contributed by atoms with Gasteiger partial charge in [-0.05, 0) is 42.0 Å². The fourth-order valence-corrected chi connectivity index (χ4v) is 4.01. The third-order valence-electron chi connectivity index (χ3n) is 5.75. The monoisotopic (exact) mass is 469 g/mol. The van der Waals surface area contributed by atoms with Gasteiger partial charge in [-0.15, -0.1) is 0 Å². The van der Waals surface area contributed by atoms with Crippen molar-refractivity contribution >= 4 is 11.2 Å².